The van der Waals surface area contributed by atoms with E-state index in [1.807, 2.05) is 13.0 Å². The highest BCUT2D eigenvalue weighted by Gasteiger charge is 2.22. The second kappa shape index (κ2) is 8.00. The molecule has 0 fully saturated rings. The minimum atomic E-state index is -1.48. The lowest BCUT2D eigenvalue weighted by atomic mass is 9.86. The predicted molar refractivity (Wildman–Crippen MR) is 78.8 cm³/mol. The van der Waals surface area contributed by atoms with Crippen LogP contribution in [0.5, 0.6) is 5.75 Å². The Morgan fingerprint density at radius 2 is 1.86 bits per heavy atom. The van der Waals surface area contributed by atoms with Crippen LogP contribution in [0.25, 0.3) is 0 Å². The molecule has 5 nitrogen and oxygen atoms in total. The largest absolute Gasteiger partial charge is 0.477 e. The Kier molecular flexibility index (Phi) is 6.65. The van der Waals surface area contributed by atoms with Gasteiger partial charge in [-0.1, -0.05) is 45.9 Å². The molecule has 118 valence electrons. The molecule has 5 heteroatoms. The Morgan fingerprint density at radius 1 is 1.24 bits per heavy atom. The smallest absolute Gasteiger partial charge is 0.376 e. The topological polar surface area (TPSA) is 65.0 Å². The first-order valence-electron chi connectivity index (χ1n) is 7.01. The van der Waals surface area contributed by atoms with E-state index >= 15 is 0 Å². The molecule has 2 unspecified atom stereocenters. The van der Waals surface area contributed by atoms with Crippen LogP contribution in [0, 0.1) is 11.3 Å². The summed E-state index contributed by atoms with van der Waals surface area (Å²) in [5, 5.41) is 9.06. The summed E-state index contributed by atoms with van der Waals surface area (Å²) in [6, 6.07) is 8.62. The lowest BCUT2D eigenvalue weighted by Crippen LogP contribution is -2.31. The van der Waals surface area contributed by atoms with E-state index < -0.39 is 12.3 Å². The van der Waals surface area contributed by atoms with E-state index in [9.17, 15) is 4.79 Å². The van der Waals surface area contributed by atoms with Gasteiger partial charge in [-0.2, -0.15) is 4.89 Å². The molecule has 2 atom stereocenters. The molecule has 0 amide bonds. The van der Waals surface area contributed by atoms with Gasteiger partial charge >= 0.3 is 12.3 Å². The van der Waals surface area contributed by atoms with Crippen LogP contribution >= 0.6 is 0 Å². The fraction of sp³-hybridized carbons (Fsp3) is 0.562. The maximum Gasteiger partial charge on any atom is 0.376 e. The molecule has 0 bridgehead atoms. The highest BCUT2D eigenvalue weighted by atomic mass is 17.2. The van der Waals surface area contributed by atoms with Crippen molar-refractivity contribution in [1.82, 2.24) is 0 Å². The highest BCUT2D eigenvalue weighted by molar-refractivity contribution is 5.71. The Balaban J connectivity index is 2.40. The van der Waals surface area contributed by atoms with Crippen LogP contribution in [0.2, 0.25) is 0 Å². The summed E-state index contributed by atoms with van der Waals surface area (Å²) in [5.41, 5.74) is 0.190. The highest BCUT2D eigenvalue weighted by Crippen LogP contribution is 2.24. The first kappa shape index (κ1) is 17.5. The number of hydrogen-bond donors (Lipinski definition) is 1. The summed E-state index contributed by atoms with van der Waals surface area (Å²) in [7, 11) is 0. The Labute approximate surface area is 125 Å². The van der Waals surface area contributed by atoms with Gasteiger partial charge in [0.05, 0.1) is 6.61 Å². The fourth-order valence-corrected chi connectivity index (χ4v) is 2.06. The fourth-order valence-electron chi connectivity index (χ4n) is 2.06. The van der Waals surface area contributed by atoms with Crippen molar-refractivity contribution in [3.05, 3.63) is 30.3 Å². The molecule has 0 saturated carbocycles. The van der Waals surface area contributed by atoms with E-state index in [0.717, 1.165) is 6.42 Å². The molecule has 0 radical (unpaired) electrons. The summed E-state index contributed by atoms with van der Waals surface area (Å²) < 4.78 is 5.21. The summed E-state index contributed by atoms with van der Waals surface area (Å²) >= 11 is 0. The zero-order valence-corrected chi connectivity index (χ0v) is 13.0. The average Bonchev–Trinajstić information content (AvgIpc) is 2.36. The van der Waals surface area contributed by atoms with Crippen LogP contribution in [-0.4, -0.2) is 24.0 Å². The number of ether oxygens (including phenoxy) is 1. The van der Waals surface area contributed by atoms with Gasteiger partial charge in [0.25, 0.3) is 0 Å². The van der Waals surface area contributed by atoms with Crippen molar-refractivity contribution >= 4 is 5.97 Å². The first-order chi connectivity index (χ1) is 9.78. The van der Waals surface area contributed by atoms with Crippen molar-refractivity contribution in [2.75, 3.05) is 6.61 Å². The van der Waals surface area contributed by atoms with Gasteiger partial charge in [0.15, 0.2) is 0 Å². The van der Waals surface area contributed by atoms with Crippen molar-refractivity contribution in [2.45, 2.75) is 40.4 Å². The lowest BCUT2D eigenvalue weighted by Gasteiger charge is -2.23. The zero-order chi connectivity index (χ0) is 15.9. The van der Waals surface area contributed by atoms with Crippen LogP contribution in [0.15, 0.2) is 30.3 Å². The van der Waals surface area contributed by atoms with Gasteiger partial charge in [-0.15, -0.1) is 0 Å². The minimum absolute atomic E-state index is 0.190. The Bertz CT molecular complexity index is 424. The molecule has 1 aromatic carbocycles. The van der Waals surface area contributed by atoms with Gasteiger partial charge < -0.3 is 9.84 Å². The summed E-state index contributed by atoms with van der Waals surface area (Å²) in [5.74, 6) is -0.560. The molecule has 0 aromatic heterocycles. The number of benzene rings is 1. The molecule has 1 aromatic rings. The maximum atomic E-state index is 11.1. The van der Waals surface area contributed by atoms with E-state index in [0.29, 0.717) is 12.4 Å². The normalized spacial score (nSPS) is 14.5. The van der Waals surface area contributed by atoms with Gasteiger partial charge in [0.1, 0.15) is 5.75 Å². The van der Waals surface area contributed by atoms with Gasteiger partial charge in [0.2, 0.25) is 0 Å². The number of hydrogen-bond acceptors (Lipinski definition) is 4. The second-order valence-electron chi connectivity index (χ2n) is 6.35. The lowest BCUT2D eigenvalue weighted by molar-refractivity contribution is -0.359. The summed E-state index contributed by atoms with van der Waals surface area (Å²) in [4.78, 5) is 21.0. The number of carboxylic acids is 1. The number of aliphatic carboxylic acids is 1. The zero-order valence-electron chi connectivity index (χ0n) is 13.0. The van der Waals surface area contributed by atoms with E-state index in [2.05, 4.69) is 20.8 Å². The van der Waals surface area contributed by atoms with E-state index in [4.69, 9.17) is 19.6 Å². The second-order valence-corrected chi connectivity index (χ2v) is 6.35. The SMILES string of the molecule is CC(COOC(Oc1ccccc1)C(=O)O)CC(C)(C)C. The number of carbonyl (C=O) groups is 1. The van der Waals surface area contributed by atoms with E-state index in [1.54, 1.807) is 24.3 Å². The quantitative estimate of drug-likeness (QED) is 0.452. The van der Waals surface area contributed by atoms with Crippen molar-refractivity contribution in [3.63, 3.8) is 0 Å². The molecule has 21 heavy (non-hydrogen) atoms. The van der Waals surface area contributed by atoms with Crippen LogP contribution in [0.3, 0.4) is 0 Å². The molecule has 0 heterocycles. The minimum Gasteiger partial charge on any atom is -0.477 e. The predicted octanol–water partition coefficient (Wildman–Crippen LogP) is 3.50. The Hall–Kier alpha value is -1.59. The van der Waals surface area contributed by atoms with Crippen LogP contribution in [-0.2, 0) is 14.6 Å². The van der Waals surface area contributed by atoms with E-state index in [1.165, 1.54) is 0 Å². The maximum absolute atomic E-state index is 11.1. The number of rotatable bonds is 8. The molecule has 0 saturated heterocycles. The van der Waals surface area contributed by atoms with Crippen LogP contribution in [0.1, 0.15) is 34.1 Å². The molecular formula is C16H24O5. The van der Waals surface area contributed by atoms with E-state index in [-0.39, 0.29) is 11.3 Å². The Morgan fingerprint density at radius 3 is 2.38 bits per heavy atom. The third kappa shape index (κ3) is 7.68. The molecule has 0 aliphatic heterocycles. The van der Waals surface area contributed by atoms with Gasteiger partial charge in [-0.05, 0) is 29.9 Å². The molecule has 0 aliphatic rings. The van der Waals surface area contributed by atoms with Gasteiger partial charge in [0, 0.05) is 0 Å². The molecule has 0 spiro atoms. The molecular weight excluding hydrogens is 272 g/mol. The monoisotopic (exact) mass is 296 g/mol. The van der Waals surface area contributed by atoms with Crippen LogP contribution < -0.4 is 4.74 Å². The van der Waals surface area contributed by atoms with Gasteiger partial charge in [-0.3, -0.25) is 0 Å². The summed E-state index contributed by atoms with van der Waals surface area (Å²) in [6.07, 6.45) is -0.526. The summed E-state index contributed by atoms with van der Waals surface area (Å²) in [6.45, 7) is 8.77. The van der Waals surface area contributed by atoms with Gasteiger partial charge in [-0.25, -0.2) is 9.68 Å². The number of para-hydroxylation sites is 1. The van der Waals surface area contributed by atoms with Crippen molar-refractivity contribution in [3.8, 4) is 5.75 Å². The van der Waals surface area contributed by atoms with Crippen LogP contribution in [0.4, 0.5) is 0 Å². The third-order valence-corrected chi connectivity index (χ3v) is 2.66. The standard InChI is InChI=1S/C16H24O5/c1-12(10-16(2,3)4)11-19-21-15(14(17)18)20-13-8-6-5-7-9-13/h5-9,12,15H,10-11H2,1-4H3,(H,17,18). The molecule has 1 rings (SSSR count). The van der Waals surface area contributed by atoms with Crippen molar-refractivity contribution in [2.24, 2.45) is 11.3 Å². The number of carboxylic acid groups (broad SMARTS) is 1. The first-order valence-corrected chi connectivity index (χ1v) is 7.01. The van der Waals surface area contributed by atoms with Crippen molar-refractivity contribution in [1.29, 1.82) is 0 Å². The molecule has 1 N–H and O–H groups in total. The molecule has 0 aliphatic carbocycles. The average molecular weight is 296 g/mol. The van der Waals surface area contributed by atoms with Crippen molar-refractivity contribution < 1.29 is 24.4 Å². The third-order valence-electron chi connectivity index (χ3n) is 2.66.